The van der Waals surface area contributed by atoms with Crippen molar-refractivity contribution in [2.75, 3.05) is 5.32 Å². The number of amides is 1. The van der Waals surface area contributed by atoms with Crippen molar-refractivity contribution in [2.45, 2.75) is 13.1 Å². The van der Waals surface area contributed by atoms with Gasteiger partial charge in [0, 0.05) is 23.5 Å². The number of rotatable bonds is 5. The smallest absolute Gasteiger partial charge is 0.322 e. The largest absolute Gasteiger partial charge is 0.423 e. The van der Waals surface area contributed by atoms with Gasteiger partial charge in [0.2, 0.25) is 0 Å². The maximum Gasteiger partial charge on any atom is 0.423 e. The molecule has 34 heavy (non-hydrogen) atoms. The van der Waals surface area contributed by atoms with Crippen molar-refractivity contribution in [3.05, 3.63) is 106 Å². The van der Waals surface area contributed by atoms with Crippen LogP contribution >= 0.6 is 0 Å². The second-order valence-corrected chi connectivity index (χ2v) is 7.48. The summed E-state index contributed by atoms with van der Waals surface area (Å²) in [5.41, 5.74) is 0.0125. The van der Waals surface area contributed by atoms with Crippen LogP contribution in [-0.4, -0.2) is 20.6 Å². The lowest BCUT2D eigenvalue weighted by Crippen LogP contribution is -2.14. The number of aromatic nitrogens is 2. The number of carbonyl (C=O) groups is 1. The van der Waals surface area contributed by atoms with E-state index >= 15 is 0 Å². The number of hydrogen-bond donors (Lipinski definition) is 1. The number of nitro benzene ring substituents is 1. The molecule has 1 N–H and O–H groups in total. The summed E-state index contributed by atoms with van der Waals surface area (Å²) in [7, 11) is 0. The molecule has 0 saturated carbocycles. The molecule has 0 spiro atoms. The Bertz CT molecular complexity index is 1360. The molecule has 0 bridgehead atoms. The topological polar surface area (TPSA) is 90.1 Å². The van der Waals surface area contributed by atoms with Crippen LogP contribution < -0.4 is 5.32 Å². The van der Waals surface area contributed by atoms with Crippen LogP contribution in [0.1, 0.15) is 21.5 Å². The van der Waals surface area contributed by atoms with Crippen LogP contribution in [0.2, 0.25) is 0 Å². The molecule has 0 radical (unpaired) electrons. The molecule has 4 aromatic rings. The van der Waals surface area contributed by atoms with Crippen LogP contribution in [0.5, 0.6) is 0 Å². The number of alkyl halides is 3. The number of nitro groups is 1. The molecule has 0 aliphatic heterocycles. The fourth-order valence-corrected chi connectivity index (χ4v) is 3.38. The van der Waals surface area contributed by atoms with Crippen molar-refractivity contribution in [2.24, 2.45) is 0 Å². The summed E-state index contributed by atoms with van der Waals surface area (Å²) in [6.07, 6.45) is -3.48. The van der Waals surface area contributed by atoms with Crippen LogP contribution in [-0.2, 0) is 6.18 Å². The molecule has 4 rings (SSSR count). The van der Waals surface area contributed by atoms with Crippen molar-refractivity contribution < 1.29 is 22.9 Å². The minimum Gasteiger partial charge on any atom is -0.322 e. The fourth-order valence-electron chi connectivity index (χ4n) is 3.38. The molecule has 3 aromatic carbocycles. The molecule has 0 aliphatic carbocycles. The van der Waals surface area contributed by atoms with E-state index in [0.29, 0.717) is 29.1 Å². The quantitative estimate of drug-likeness (QED) is 0.287. The molecule has 10 heteroatoms. The normalized spacial score (nSPS) is 11.3. The molecule has 1 aromatic heterocycles. The Morgan fingerprint density at radius 2 is 1.71 bits per heavy atom. The van der Waals surface area contributed by atoms with Gasteiger partial charge in [0.25, 0.3) is 11.6 Å². The maximum absolute atomic E-state index is 13.3. The van der Waals surface area contributed by atoms with E-state index in [9.17, 15) is 28.1 Å². The number of hydrogen-bond acceptors (Lipinski definition) is 4. The highest BCUT2D eigenvalue weighted by molar-refractivity contribution is 6.08. The number of carbonyl (C=O) groups excluding carboxylic acids is 1. The van der Waals surface area contributed by atoms with Gasteiger partial charge < -0.3 is 5.32 Å². The molecule has 0 saturated heterocycles. The van der Waals surface area contributed by atoms with E-state index in [0.717, 1.165) is 11.6 Å². The zero-order valence-corrected chi connectivity index (χ0v) is 17.7. The number of aryl methyl sites for hydroxylation is 1. The summed E-state index contributed by atoms with van der Waals surface area (Å²) in [5.74, 6) is -0.709. The van der Waals surface area contributed by atoms with Crippen molar-refractivity contribution in [1.82, 2.24) is 9.78 Å². The van der Waals surface area contributed by atoms with Crippen molar-refractivity contribution >= 4 is 17.3 Å². The first-order valence-corrected chi connectivity index (χ1v) is 10.0. The Morgan fingerprint density at radius 1 is 1.03 bits per heavy atom. The monoisotopic (exact) mass is 466 g/mol. The van der Waals surface area contributed by atoms with E-state index in [2.05, 4.69) is 10.4 Å². The van der Waals surface area contributed by atoms with Gasteiger partial charge >= 0.3 is 6.18 Å². The van der Waals surface area contributed by atoms with Crippen LogP contribution in [0.4, 0.5) is 24.5 Å². The number of halogens is 3. The lowest BCUT2D eigenvalue weighted by Gasteiger charge is -2.10. The summed E-state index contributed by atoms with van der Waals surface area (Å²) in [5, 5.41) is 17.9. The van der Waals surface area contributed by atoms with Crippen LogP contribution in [0.15, 0.2) is 79.0 Å². The summed E-state index contributed by atoms with van der Waals surface area (Å²) >= 11 is 0. The number of para-hydroxylation sites is 1. The van der Waals surface area contributed by atoms with E-state index in [-0.39, 0.29) is 11.3 Å². The van der Waals surface area contributed by atoms with Gasteiger partial charge in [-0.3, -0.25) is 14.9 Å². The summed E-state index contributed by atoms with van der Waals surface area (Å²) in [6, 6.07) is 18.6. The highest BCUT2D eigenvalue weighted by Crippen LogP contribution is 2.37. The van der Waals surface area contributed by atoms with Gasteiger partial charge in [-0.15, -0.1) is 0 Å². The molecule has 0 fully saturated rings. The SMILES string of the molecule is Cc1ccc(-c2nn(-c3ccccc3)cc2C(=O)Nc2ccc([N+](=O)[O-])c(C(F)(F)F)c2)cc1. The van der Waals surface area contributed by atoms with Gasteiger partial charge in [0.15, 0.2) is 0 Å². The van der Waals surface area contributed by atoms with Gasteiger partial charge in [-0.1, -0.05) is 48.0 Å². The fraction of sp³-hybridized carbons (Fsp3) is 0.0833. The Morgan fingerprint density at radius 3 is 2.32 bits per heavy atom. The lowest BCUT2D eigenvalue weighted by atomic mass is 10.1. The van der Waals surface area contributed by atoms with E-state index < -0.39 is 28.3 Å². The molecule has 172 valence electrons. The highest BCUT2D eigenvalue weighted by atomic mass is 19.4. The third kappa shape index (κ3) is 4.65. The van der Waals surface area contributed by atoms with E-state index in [1.54, 1.807) is 36.4 Å². The van der Waals surface area contributed by atoms with E-state index in [1.165, 1.54) is 10.9 Å². The third-order valence-electron chi connectivity index (χ3n) is 5.06. The minimum atomic E-state index is -4.96. The van der Waals surface area contributed by atoms with Crippen LogP contribution in [0, 0.1) is 17.0 Å². The third-order valence-corrected chi connectivity index (χ3v) is 5.06. The standard InChI is InChI=1S/C24H17F3N4O3/c1-15-7-9-16(10-8-15)22-19(14-30(29-22)18-5-3-2-4-6-18)23(32)28-17-11-12-21(31(33)34)20(13-17)24(25,26)27/h2-14H,1H3,(H,28,32). The van der Waals surface area contributed by atoms with Gasteiger partial charge in [-0.2, -0.15) is 18.3 Å². The predicted molar refractivity (Wildman–Crippen MR) is 120 cm³/mol. The van der Waals surface area contributed by atoms with Crippen LogP contribution in [0.3, 0.4) is 0 Å². The zero-order valence-electron chi connectivity index (χ0n) is 17.7. The van der Waals surface area contributed by atoms with Gasteiger partial charge in [-0.25, -0.2) is 4.68 Å². The zero-order chi connectivity index (χ0) is 24.5. The summed E-state index contributed by atoms with van der Waals surface area (Å²) in [6.45, 7) is 1.91. The Labute approximate surface area is 191 Å². The Hall–Kier alpha value is -4.47. The average molecular weight is 466 g/mol. The molecule has 0 atom stereocenters. The van der Waals surface area contributed by atoms with Crippen molar-refractivity contribution in [1.29, 1.82) is 0 Å². The second-order valence-electron chi connectivity index (χ2n) is 7.48. The lowest BCUT2D eigenvalue weighted by molar-refractivity contribution is -0.388. The summed E-state index contributed by atoms with van der Waals surface area (Å²) in [4.78, 5) is 23.0. The van der Waals surface area contributed by atoms with E-state index in [4.69, 9.17) is 0 Å². The van der Waals surface area contributed by atoms with E-state index in [1.807, 2.05) is 25.1 Å². The summed E-state index contributed by atoms with van der Waals surface area (Å²) < 4.78 is 41.5. The number of benzene rings is 3. The molecule has 1 heterocycles. The first-order chi connectivity index (χ1) is 16.1. The molecular weight excluding hydrogens is 449 g/mol. The van der Waals surface area contributed by atoms with Crippen molar-refractivity contribution in [3.8, 4) is 16.9 Å². The second kappa shape index (κ2) is 8.81. The Balaban J connectivity index is 1.75. The van der Waals surface area contributed by atoms with Crippen LogP contribution in [0.25, 0.3) is 16.9 Å². The molecule has 0 unspecified atom stereocenters. The number of anilines is 1. The molecule has 0 aliphatic rings. The molecule has 7 nitrogen and oxygen atoms in total. The van der Waals surface area contributed by atoms with Gasteiger partial charge in [0.05, 0.1) is 16.2 Å². The Kier molecular flexibility index (Phi) is 5.89. The maximum atomic E-state index is 13.3. The predicted octanol–water partition coefficient (Wildman–Crippen LogP) is 6.03. The average Bonchev–Trinajstić information content (AvgIpc) is 3.25. The van der Waals surface area contributed by atoms with Crippen molar-refractivity contribution in [3.63, 3.8) is 0 Å². The highest BCUT2D eigenvalue weighted by Gasteiger charge is 2.38. The van der Waals surface area contributed by atoms with Gasteiger partial charge in [0.1, 0.15) is 11.3 Å². The minimum absolute atomic E-state index is 0.125. The molecular formula is C24H17F3N4O3. The first kappa shape index (κ1) is 22.7. The van der Waals surface area contributed by atoms with Gasteiger partial charge in [-0.05, 0) is 31.2 Å². The number of nitrogens with one attached hydrogen (secondary N) is 1. The molecule has 1 amide bonds. The number of nitrogens with zero attached hydrogens (tertiary/aromatic N) is 3. The first-order valence-electron chi connectivity index (χ1n) is 10.0.